The number of alkyl carbamates (subject to hydrolysis) is 1. The fourth-order valence-electron chi connectivity index (χ4n) is 4.54. The maximum atomic E-state index is 13.0. The van der Waals surface area contributed by atoms with Gasteiger partial charge in [0.05, 0.1) is 6.42 Å². The van der Waals surface area contributed by atoms with Crippen LogP contribution in [0.15, 0.2) is 72.8 Å². The average Bonchev–Trinajstić information content (AvgIpc) is 3.16. The molecule has 0 saturated carbocycles. The highest BCUT2D eigenvalue weighted by Crippen LogP contribution is 2.44. The van der Waals surface area contributed by atoms with Crippen molar-refractivity contribution in [1.82, 2.24) is 10.2 Å². The van der Waals surface area contributed by atoms with Gasteiger partial charge < -0.3 is 20.1 Å². The number of likely N-dealkylation sites (N-methyl/N-ethyl adjacent to an activating group) is 1. The largest absolute Gasteiger partial charge is 0.481 e. The molecule has 0 aliphatic heterocycles. The summed E-state index contributed by atoms with van der Waals surface area (Å²) in [5.41, 5.74) is 6.31. The maximum absolute atomic E-state index is 13.0. The number of aryl methyl sites for hydroxylation is 1. The minimum absolute atomic E-state index is 0.0763. The highest BCUT2D eigenvalue weighted by molar-refractivity contribution is 5.89. The third-order valence-electron chi connectivity index (χ3n) is 6.36. The molecule has 1 aliphatic carbocycles. The van der Waals surface area contributed by atoms with Crippen LogP contribution in [0, 0.1) is 6.92 Å². The van der Waals surface area contributed by atoms with Crippen molar-refractivity contribution in [3.63, 3.8) is 0 Å². The van der Waals surface area contributed by atoms with Crippen LogP contribution in [0.3, 0.4) is 0 Å². The summed E-state index contributed by atoms with van der Waals surface area (Å²) in [5.74, 6) is -1.82. The fraction of sp³-hybridized carbons (Fsp3) is 0.250. The van der Waals surface area contributed by atoms with Crippen LogP contribution in [-0.4, -0.2) is 47.7 Å². The van der Waals surface area contributed by atoms with Gasteiger partial charge in [-0.05, 0) is 40.3 Å². The summed E-state index contributed by atoms with van der Waals surface area (Å²) in [4.78, 5) is 38.5. The Hall–Kier alpha value is -4.13. The third kappa shape index (κ3) is 5.35. The van der Waals surface area contributed by atoms with Crippen LogP contribution in [0.2, 0.25) is 0 Å². The number of nitrogens with one attached hydrogen (secondary N) is 1. The zero-order chi connectivity index (χ0) is 24.9. The van der Waals surface area contributed by atoms with E-state index >= 15 is 0 Å². The molecule has 7 heteroatoms. The second-order valence-corrected chi connectivity index (χ2v) is 8.74. The molecule has 0 radical (unpaired) electrons. The summed E-state index contributed by atoms with van der Waals surface area (Å²) >= 11 is 0. The Labute approximate surface area is 204 Å². The quantitative estimate of drug-likeness (QED) is 0.509. The molecule has 0 aromatic heterocycles. The van der Waals surface area contributed by atoms with E-state index in [4.69, 9.17) is 4.74 Å². The molecule has 4 rings (SSSR count). The second kappa shape index (κ2) is 10.4. The van der Waals surface area contributed by atoms with Gasteiger partial charge in [-0.25, -0.2) is 4.79 Å². The van der Waals surface area contributed by atoms with Gasteiger partial charge in [-0.15, -0.1) is 0 Å². The van der Waals surface area contributed by atoms with Gasteiger partial charge in [0, 0.05) is 19.5 Å². The maximum Gasteiger partial charge on any atom is 0.407 e. The number of carboxylic acids is 1. The third-order valence-corrected chi connectivity index (χ3v) is 6.36. The van der Waals surface area contributed by atoms with Crippen LogP contribution in [0.1, 0.15) is 34.6 Å². The van der Waals surface area contributed by atoms with Crippen molar-refractivity contribution in [2.45, 2.75) is 31.8 Å². The first kappa shape index (κ1) is 24.0. The Morgan fingerprint density at radius 1 is 0.943 bits per heavy atom. The summed E-state index contributed by atoms with van der Waals surface area (Å²) < 4.78 is 5.51. The van der Waals surface area contributed by atoms with Crippen molar-refractivity contribution in [2.75, 3.05) is 13.7 Å². The molecule has 2 amide bonds. The molecule has 35 heavy (non-hydrogen) atoms. The molecule has 0 fully saturated rings. The topological polar surface area (TPSA) is 95.9 Å². The lowest BCUT2D eigenvalue weighted by Crippen LogP contribution is -2.48. The van der Waals surface area contributed by atoms with E-state index in [0.29, 0.717) is 6.54 Å². The van der Waals surface area contributed by atoms with E-state index in [1.54, 1.807) is 7.05 Å². The van der Waals surface area contributed by atoms with Crippen LogP contribution in [0.25, 0.3) is 11.1 Å². The number of carbonyl (C=O) groups is 3. The molecule has 0 bridgehead atoms. The van der Waals surface area contributed by atoms with E-state index in [1.807, 2.05) is 79.7 Å². The predicted molar refractivity (Wildman–Crippen MR) is 132 cm³/mol. The lowest BCUT2D eigenvalue weighted by molar-refractivity contribution is -0.142. The molecule has 2 N–H and O–H groups in total. The van der Waals surface area contributed by atoms with E-state index in [1.165, 1.54) is 4.90 Å². The number of nitrogens with zero attached hydrogens (tertiary/aromatic N) is 1. The summed E-state index contributed by atoms with van der Waals surface area (Å²) in [6.45, 7) is 2.32. The normalized spacial score (nSPS) is 12.9. The summed E-state index contributed by atoms with van der Waals surface area (Å²) in [6, 6.07) is 22.3. The number of ether oxygens (including phenoxy) is 1. The molecule has 3 aromatic rings. The van der Waals surface area contributed by atoms with Gasteiger partial charge in [0.1, 0.15) is 12.6 Å². The molecule has 1 atom stereocenters. The molecular formula is C28H28N2O5. The molecule has 7 nitrogen and oxygen atoms in total. The molecule has 0 saturated heterocycles. The number of benzene rings is 3. The predicted octanol–water partition coefficient (Wildman–Crippen LogP) is 4.34. The van der Waals surface area contributed by atoms with Crippen molar-refractivity contribution in [3.8, 4) is 11.1 Å². The lowest BCUT2D eigenvalue weighted by Gasteiger charge is -2.24. The molecule has 0 spiro atoms. The minimum atomic E-state index is -1.24. The van der Waals surface area contributed by atoms with Crippen molar-refractivity contribution in [3.05, 3.63) is 95.1 Å². The average molecular weight is 473 g/mol. The van der Waals surface area contributed by atoms with Gasteiger partial charge in [0.25, 0.3) is 0 Å². The molecule has 1 aliphatic rings. The van der Waals surface area contributed by atoms with Gasteiger partial charge in [0.15, 0.2) is 0 Å². The lowest BCUT2D eigenvalue weighted by atomic mass is 9.98. The summed E-state index contributed by atoms with van der Waals surface area (Å²) in [5, 5.41) is 11.8. The first-order chi connectivity index (χ1) is 16.8. The van der Waals surface area contributed by atoms with Gasteiger partial charge in [0.2, 0.25) is 5.91 Å². The van der Waals surface area contributed by atoms with Crippen molar-refractivity contribution >= 4 is 18.0 Å². The van der Waals surface area contributed by atoms with Crippen LogP contribution in [0.4, 0.5) is 4.79 Å². The Bertz CT molecular complexity index is 1210. The van der Waals surface area contributed by atoms with Crippen LogP contribution in [-0.2, 0) is 20.9 Å². The first-order valence-electron chi connectivity index (χ1n) is 11.5. The Balaban J connectivity index is 1.42. The first-order valence-corrected chi connectivity index (χ1v) is 11.5. The van der Waals surface area contributed by atoms with Crippen molar-refractivity contribution in [1.29, 1.82) is 0 Å². The number of carboxylic acid groups (broad SMARTS) is 1. The summed E-state index contributed by atoms with van der Waals surface area (Å²) in [6.07, 6.45) is -1.36. The van der Waals surface area contributed by atoms with Gasteiger partial charge in [-0.1, -0.05) is 72.8 Å². The Morgan fingerprint density at radius 2 is 1.51 bits per heavy atom. The van der Waals surface area contributed by atoms with Crippen LogP contribution >= 0.6 is 0 Å². The molecule has 1 unspecified atom stereocenters. The standard InChI is InChI=1S/C28H28N2O5/c1-18-9-3-4-10-19(18)16-30(2)27(33)25(15-26(31)32)29-28(34)35-17-24-22-13-7-5-11-20(22)21-12-6-8-14-23(21)24/h3-14,24-25H,15-17H2,1-2H3,(H,29,34)(H,31,32). The van der Waals surface area contributed by atoms with E-state index in [-0.39, 0.29) is 12.5 Å². The van der Waals surface area contributed by atoms with Gasteiger partial charge in [-0.2, -0.15) is 0 Å². The second-order valence-electron chi connectivity index (χ2n) is 8.74. The van der Waals surface area contributed by atoms with Gasteiger partial charge in [-0.3, -0.25) is 9.59 Å². The zero-order valence-corrected chi connectivity index (χ0v) is 19.7. The molecular weight excluding hydrogens is 444 g/mol. The number of carbonyl (C=O) groups excluding carboxylic acids is 2. The SMILES string of the molecule is Cc1ccccc1CN(C)C(=O)C(CC(=O)O)NC(=O)OCC1c2ccccc2-c2ccccc21. The summed E-state index contributed by atoms with van der Waals surface area (Å²) in [7, 11) is 1.59. The van der Waals surface area contributed by atoms with E-state index in [0.717, 1.165) is 33.4 Å². The number of amides is 2. The highest BCUT2D eigenvalue weighted by atomic mass is 16.5. The zero-order valence-electron chi connectivity index (χ0n) is 19.7. The number of hydrogen-bond donors (Lipinski definition) is 2. The molecule has 180 valence electrons. The highest BCUT2D eigenvalue weighted by Gasteiger charge is 2.31. The number of fused-ring (bicyclic) bond motifs is 3. The minimum Gasteiger partial charge on any atom is -0.481 e. The van der Waals surface area contributed by atoms with Crippen molar-refractivity contribution < 1.29 is 24.2 Å². The smallest absolute Gasteiger partial charge is 0.407 e. The molecule has 0 heterocycles. The van der Waals surface area contributed by atoms with E-state index < -0.39 is 30.4 Å². The number of rotatable bonds is 8. The van der Waals surface area contributed by atoms with Crippen LogP contribution < -0.4 is 5.32 Å². The van der Waals surface area contributed by atoms with Crippen molar-refractivity contribution in [2.24, 2.45) is 0 Å². The van der Waals surface area contributed by atoms with Gasteiger partial charge >= 0.3 is 12.1 Å². The van der Waals surface area contributed by atoms with E-state index in [2.05, 4.69) is 5.32 Å². The molecule has 3 aromatic carbocycles. The number of hydrogen-bond acceptors (Lipinski definition) is 4. The monoisotopic (exact) mass is 472 g/mol. The number of aliphatic carboxylic acids is 1. The Morgan fingerprint density at radius 3 is 2.11 bits per heavy atom. The van der Waals surface area contributed by atoms with E-state index in [9.17, 15) is 19.5 Å². The fourth-order valence-corrected chi connectivity index (χ4v) is 4.54. The van der Waals surface area contributed by atoms with Crippen LogP contribution in [0.5, 0.6) is 0 Å². The Kier molecular flexibility index (Phi) is 7.15.